The molecule has 0 aliphatic rings. The predicted molar refractivity (Wildman–Crippen MR) is 61.0 cm³/mol. The van der Waals surface area contributed by atoms with Crippen LogP contribution in [0.3, 0.4) is 0 Å². The third kappa shape index (κ3) is 2.23. The monoisotopic (exact) mass is 218 g/mol. The summed E-state index contributed by atoms with van der Waals surface area (Å²) in [6.45, 7) is 2.97. The van der Waals surface area contributed by atoms with Gasteiger partial charge in [0.2, 0.25) is 5.89 Å². The van der Waals surface area contributed by atoms with Crippen LogP contribution in [0.2, 0.25) is 0 Å². The first kappa shape index (κ1) is 10.7. The van der Waals surface area contributed by atoms with E-state index in [-0.39, 0.29) is 0 Å². The number of aromatic nitrogens is 1. The summed E-state index contributed by atoms with van der Waals surface area (Å²) in [6, 6.07) is 7.64. The molecule has 0 radical (unpaired) electrons. The molecule has 0 unspecified atom stereocenters. The summed E-state index contributed by atoms with van der Waals surface area (Å²) in [5.74, 6) is 1.38. The van der Waals surface area contributed by atoms with Crippen molar-refractivity contribution >= 4 is 0 Å². The molecule has 0 fully saturated rings. The van der Waals surface area contributed by atoms with Gasteiger partial charge in [-0.05, 0) is 25.1 Å². The molecule has 1 aromatic carbocycles. The molecule has 0 aliphatic heterocycles. The van der Waals surface area contributed by atoms with Gasteiger partial charge in [-0.25, -0.2) is 4.98 Å². The second-order valence-electron chi connectivity index (χ2n) is 3.31. The number of benzene rings is 1. The summed E-state index contributed by atoms with van der Waals surface area (Å²) in [5, 5.41) is 0. The van der Waals surface area contributed by atoms with Gasteiger partial charge >= 0.3 is 0 Å². The van der Waals surface area contributed by atoms with Gasteiger partial charge in [0.25, 0.3) is 0 Å². The van der Waals surface area contributed by atoms with Crippen molar-refractivity contribution in [1.82, 2.24) is 4.98 Å². The molecule has 0 amide bonds. The van der Waals surface area contributed by atoms with E-state index in [1.165, 1.54) is 0 Å². The lowest BCUT2D eigenvalue weighted by molar-refractivity contribution is 0.340. The van der Waals surface area contributed by atoms with Gasteiger partial charge in [0.1, 0.15) is 12.0 Å². The highest BCUT2D eigenvalue weighted by atomic mass is 16.5. The van der Waals surface area contributed by atoms with E-state index in [1.54, 1.807) is 6.26 Å². The topological polar surface area (TPSA) is 61.3 Å². The maximum absolute atomic E-state index is 5.47. The van der Waals surface area contributed by atoms with Crippen molar-refractivity contribution in [2.75, 3.05) is 6.61 Å². The molecule has 0 atom stereocenters. The van der Waals surface area contributed by atoms with Gasteiger partial charge in [0, 0.05) is 12.1 Å². The second kappa shape index (κ2) is 4.81. The number of hydrogen-bond donors (Lipinski definition) is 1. The largest absolute Gasteiger partial charge is 0.494 e. The van der Waals surface area contributed by atoms with Crippen LogP contribution in [0.1, 0.15) is 12.6 Å². The van der Waals surface area contributed by atoms with Crippen molar-refractivity contribution in [1.29, 1.82) is 0 Å². The molecule has 1 heterocycles. The van der Waals surface area contributed by atoms with Crippen LogP contribution in [0.15, 0.2) is 34.9 Å². The molecule has 0 bridgehead atoms. The normalized spacial score (nSPS) is 10.4. The minimum absolute atomic E-state index is 0.384. The molecule has 1 aromatic heterocycles. The summed E-state index contributed by atoms with van der Waals surface area (Å²) < 4.78 is 10.7. The number of rotatable bonds is 4. The first-order valence-corrected chi connectivity index (χ1v) is 5.21. The molecule has 2 aromatic rings. The zero-order valence-electron chi connectivity index (χ0n) is 9.14. The van der Waals surface area contributed by atoms with E-state index in [4.69, 9.17) is 14.9 Å². The average Bonchev–Trinajstić information content (AvgIpc) is 2.78. The summed E-state index contributed by atoms with van der Waals surface area (Å²) in [5.41, 5.74) is 7.11. The Hall–Kier alpha value is -1.81. The summed E-state index contributed by atoms with van der Waals surface area (Å²) in [4.78, 5) is 4.25. The van der Waals surface area contributed by atoms with Gasteiger partial charge < -0.3 is 14.9 Å². The average molecular weight is 218 g/mol. The van der Waals surface area contributed by atoms with E-state index in [0.29, 0.717) is 19.0 Å². The second-order valence-corrected chi connectivity index (χ2v) is 3.31. The maximum atomic E-state index is 5.47. The number of ether oxygens (including phenoxy) is 1. The van der Waals surface area contributed by atoms with Crippen molar-refractivity contribution in [3.63, 3.8) is 0 Å². The molecule has 0 saturated heterocycles. The van der Waals surface area contributed by atoms with E-state index in [1.807, 2.05) is 31.2 Å². The number of oxazole rings is 1. The zero-order valence-corrected chi connectivity index (χ0v) is 9.14. The summed E-state index contributed by atoms with van der Waals surface area (Å²) >= 11 is 0. The van der Waals surface area contributed by atoms with Crippen molar-refractivity contribution in [3.05, 3.63) is 36.2 Å². The lowest BCUT2D eigenvalue weighted by Gasteiger charge is -2.03. The highest BCUT2D eigenvalue weighted by Gasteiger charge is 2.06. The fourth-order valence-electron chi connectivity index (χ4n) is 1.42. The Kier molecular flexibility index (Phi) is 3.22. The first-order chi connectivity index (χ1) is 7.83. The van der Waals surface area contributed by atoms with Crippen molar-refractivity contribution in [2.24, 2.45) is 5.73 Å². The molecule has 2 N–H and O–H groups in total. The Balaban J connectivity index is 2.28. The van der Waals surface area contributed by atoms with Crippen molar-refractivity contribution in [3.8, 4) is 17.2 Å². The summed E-state index contributed by atoms with van der Waals surface area (Å²) in [7, 11) is 0. The fraction of sp³-hybridized carbons (Fsp3) is 0.250. The van der Waals surface area contributed by atoms with Gasteiger partial charge in [0.05, 0.1) is 12.3 Å². The van der Waals surface area contributed by atoms with Gasteiger partial charge in [-0.1, -0.05) is 6.07 Å². The molecule has 16 heavy (non-hydrogen) atoms. The molecule has 4 heteroatoms. The SMILES string of the molecule is CCOc1cccc(-c2nc(CN)co2)c1. The molecule has 0 aliphatic carbocycles. The Morgan fingerprint density at radius 1 is 1.44 bits per heavy atom. The van der Waals surface area contributed by atoms with Crippen LogP contribution in [-0.4, -0.2) is 11.6 Å². The minimum atomic E-state index is 0.384. The lowest BCUT2D eigenvalue weighted by atomic mass is 10.2. The smallest absolute Gasteiger partial charge is 0.226 e. The highest BCUT2D eigenvalue weighted by molar-refractivity contribution is 5.55. The molecule has 84 valence electrons. The molecule has 4 nitrogen and oxygen atoms in total. The Labute approximate surface area is 94.1 Å². The van der Waals surface area contributed by atoms with Crippen LogP contribution in [0.25, 0.3) is 11.5 Å². The van der Waals surface area contributed by atoms with Crippen molar-refractivity contribution in [2.45, 2.75) is 13.5 Å². The fourth-order valence-corrected chi connectivity index (χ4v) is 1.42. The number of hydrogen-bond acceptors (Lipinski definition) is 4. The standard InChI is InChI=1S/C12H14N2O2/c1-2-15-11-5-3-4-9(6-11)12-14-10(7-13)8-16-12/h3-6,8H,2,7,13H2,1H3. The third-order valence-corrected chi connectivity index (χ3v) is 2.15. The summed E-state index contributed by atoms with van der Waals surface area (Å²) in [6.07, 6.45) is 1.57. The number of nitrogens with two attached hydrogens (primary N) is 1. The first-order valence-electron chi connectivity index (χ1n) is 5.21. The van der Waals surface area contributed by atoms with Crippen LogP contribution >= 0.6 is 0 Å². The predicted octanol–water partition coefficient (Wildman–Crippen LogP) is 2.20. The quantitative estimate of drug-likeness (QED) is 0.854. The van der Waals surface area contributed by atoms with Crippen molar-refractivity contribution < 1.29 is 9.15 Å². The lowest BCUT2D eigenvalue weighted by Crippen LogP contribution is -1.95. The molecular formula is C12H14N2O2. The molecule has 2 rings (SSSR count). The van der Waals surface area contributed by atoms with E-state index in [0.717, 1.165) is 17.0 Å². The Morgan fingerprint density at radius 2 is 2.31 bits per heavy atom. The van der Waals surface area contributed by atoms with E-state index >= 15 is 0 Å². The van der Waals surface area contributed by atoms with Gasteiger partial charge in [-0.2, -0.15) is 0 Å². The van der Waals surface area contributed by atoms with E-state index in [9.17, 15) is 0 Å². The highest BCUT2D eigenvalue weighted by Crippen LogP contribution is 2.23. The minimum Gasteiger partial charge on any atom is -0.494 e. The van der Waals surface area contributed by atoms with Gasteiger partial charge in [-0.3, -0.25) is 0 Å². The maximum Gasteiger partial charge on any atom is 0.226 e. The molecule has 0 spiro atoms. The number of nitrogens with zero attached hydrogens (tertiary/aromatic N) is 1. The van der Waals surface area contributed by atoms with E-state index < -0.39 is 0 Å². The van der Waals surface area contributed by atoms with Crippen LogP contribution in [-0.2, 0) is 6.54 Å². The third-order valence-electron chi connectivity index (χ3n) is 2.15. The van der Waals surface area contributed by atoms with Crippen LogP contribution in [0, 0.1) is 0 Å². The Morgan fingerprint density at radius 3 is 3.00 bits per heavy atom. The zero-order chi connectivity index (χ0) is 11.4. The van der Waals surface area contributed by atoms with Crippen LogP contribution in [0.4, 0.5) is 0 Å². The van der Waals surface area contributed by atoms with Crippen LogP contribution < -0.4 is 10.5 Å². The van der Waals surface area contributed by atoms with Gasteiger partial charge in [-0.15, -0.1) is 0 Å². The molecular weight excluding hydrogens is 204 g/mol. The van der Waals surface area contributed by atoms with Gasteiger partial charge in [0.15, 0.2) is 0 Å². The molecule has 0 saturated carbocycles. The van der Waals surface area contributed by atoms with E-state index in [2.05, 4.69) is 4.98 Å². The Bertz CT molecular complexity index is 466. The van der Waals surface area contributed by atoms with Crippen LogP contribution in [0.5, 0.6) is 5.75 Å².